The molecule has 6 nitrogen and oxygen atoms in total. The lowest BCUT2D eigenvalue weighted by Crippen LogP contribution is -2.78. The van der Waals surface area contributed by atoms with E-state index in [-0.39, 0.29) is 29.9 Å². The minimum absolute atomic E-state index is 0.0330. The summed E-state index contributed by atoms with van der Waals surface area (Å²) < 4.78 is 57.5. The molecule has 1 aromatic carbocycles. The van der Waals surface area contributed by atoms with E-state index in [9.17, 15) is 27.2 Å². The number of morpholine rings is 1. The van der Waals surface area contributed by atoms with E-state index >= 15 is 0 Å². The van der Waals surface area contributed by atoms with Gasteiger partial charge in [-0.2, -0.15) is 13.2 Å². The number of hydrogen-bond acceptors (Lipinski definition) is 3. The van der Waals surface area contributed by atoms with Crippen LogP contribution in [0.2, 0.25) is 0 Å². The van der Waals surface area contributed by atoms with Gasteiger partial charge in [0.2, 0.25) is 5.91 Å². The largest absolute Gasteiger partial charge is 0.416 e. The maximum Gasteiger partial charge on any atom is 0.416 e. The molecule has 4 fully saturated rings. The molecule has 1 aromatic rings. The number of nitrogens with zero attached hydrogens (tertiary/aromatic N) is 2. The first kappa shape index (κ1) is 20.5. The van der Waals surface area contributed by atoms with Gasteiger partial charge in [-0.15, -0.1) is 0 Å². The first-order chi connectivity index (χ1) is 14.5. The molecular weight excluding hydrogens is 418 g/mol. The number of carbonyl (C=O) groups excluding carboxylic acids is 2. The van der Waals surface area contributed by atoms with Gasteiger partial charge in [-0.25, -0.2) is 9.18 Å². The number of benzene rings is 1. The average molecular weight is 441 g/mol. The van der Waals surface area contributed by atoms with Crippen molar-refractivity contribution in [2.45, 2.75) is 31.0 Å². The molecule has 3 saturated heterocycles. The van der Waals surface area contributed by atoms with Gasteiger partial charge in [-0.3, -0.25) is 4.79 Å². The summed E-state index contributed by atoms with van der Waals surface area (Å²) >= 11 is 0. The van der Waals surface area contributed by atoms with Crippen LogP contribution in [0.4, 0.5) is 22.4 Å². The molecule has 3 aliphatic heterocycles. The summed E-state index contributed by atoms with van der Waals surface area (Å²) in [6, 6.07) is 2.66. The molecule has 0 atom stereocenters. The molecule has 0 bridgehead atoms. The van der Waals surface area contributed by atoms with Gasteiger partial charge in [0.15, 0.2) is 0 Å². The molecule has 1 N–H and O–H groups in total. The fraction of sp³-hybridized carbons (Fsp3) is 0.619. The number of nitrogens with one attached hydrogen (secondary N) is 1. The maximum atomic E-state index is 13.6. The number of ether oxygens (including phenoxy) is 1. The molecule has 0 aromatic heterocycles. The fourth-order valence-corrected chi connectivity index (χ4v) is 5.63. The van der Waals surface area contributed by atoms with E-state index in [1.807, 2.05) is 0 Å². The monoisotopic (exact) mass is 441 g/mol. The van der Waals surface area contributed by atoms with E-state index in [1.165, 1.54) is 6.07 Å². The van der Waals surface area contributed by atoms with E-state index in [1.54, 1.807) is 9.80 Å². The Morgan fingerprint density at radius 2 is 1.81 bits per heavy atom. The lowest BCUT2D eigenvalue weighted by molar-refractivity contribution is -0.142. The van der Waals surface area contributed by atoms with Crippen LogP contribution in [0.25, 0.3) is 0 Å². The van der Waals surface area contributed by atoms with Crippen molar-refractivity contribution in [2.24, 2.45) is 11.3 Å². The third-order valence-corrected chi connectivity index (χ3v) is 6.85. The van der Waals surface area contributed by atoms with Crippen molar-refractivity contribution in [3.63, 3.8) is 0 Å². The van der Waals surface area contributed by atoms with Crippen molar-refractivity contribution in [3.8, 4) is 0 Å². The molecule has 3 amide bonds. The highest BCUT2D eigenvalue weighted by atomic mass is 19.4. The van der Waals surface area contributed by atoms with Crippen molar-refractivity contribution in [2.75, 3.05) is 39.4 Å². The summed E-state index contributed by atoms with van der Waals surface area (Å²) in [5.41, 5.74) is -1.02. The van der Waals surface area contributed by atoms with Crippen LogP contribution in [0.15, 0.2) is 18.2 Å². The van der Waals surface area contributed by atoms with E-state index < -0.39 is 23.1 Å². The van der Waals surface area contributed by atoms with Gasteiger partial charge >= 0.3 is 12.2 Å². The zero-order valence-corrected chi connectivity index (χ0v) is 16.8. The fourth-order valence-electron chi connectivity index (χ4n) is 5.63. The van der Waals surface area contributed by atoms with Crippen molar-refractivity contribution in [3.05, 3.63) is 35.1 Å². The second-order valence-corrected chi connectivity index (χ2v) is 9.64. The van der Waals surface area contributed by atoms with Crippen LogP contribution in [-0.2, 0) is 22.1 Å². The van der Waals surface area contributed by atoms with Crippen molar-refractivity contribution in [1.82, 2.24) is 15.1 Å². The SMILES string of the molecule is O=C1COCC2(CN(C(=O)N3CC4(CC(Cc5cc(F)cc(C(F)(F)F)c5)C4)C3)C2)N1. The van der Waals surface area contributed by atoms with Gasteiger partial charge < -0.3 is 19.9 Å². The summed E-state index contributed by atoms with van der Waals surface area (Å²) in [6.07, 6.45) is -2.51. The summed E-state index contributed by atoms with van der Waals surface area (Å²) in [5.74, 6) is -0.837. The predicted molar refractivity (Wildman–Crippen MR) is 100 cm³/mol. The van der Waals surface area contributed by atoms with Crippen LogP contribution in [0.5, 0.6) is 0 Å². The first-order valence-corrected chi connectivity index (χ1v) is 10.3. The smallest absolute Gasteiger partial charge is 0.369 e. The summed E-state index contributed by atoms with van der Waals surface area (Å²) in [6.45, 7) is 2.59. The molecule has 1 saturated carbocycles. The molecular formula is C21H23F4N3O3. The highest BCUT2D eigenvalue weighted by Crippen LogP contribution is 2.53. The second-order valence-electron chi connectivity index (χ2n) is 9.64. The molecule has 2 spiro atoms. The van der Waals surface area contributed by atoms with Crippen molar-refractivity contribution < 1.29 is 31.9 Å². The molecule has 3 heterocycles. The molecule has 168 valence electrons. The number of urea groups is 1. The van der Waals surface area contributed by atoms with Crippen LogP contribution in [0, 0.1) is 17.2 Å². The minimum Gasteiger partial charge on any atom is -0.369 e. The van der Waals surface area contributed by atoms with Gasteiger partial charge in [0.1, 0.15) is 12.4 Å². The Labute approximate surface area is 176 Å². The van der Waals surface area contributed by atoms with E-state index in [4.69, 9.17) is 4.74 Å². The molecule has 4 aliphatic rings. The number of alkyl halides is 3. The van der Waals surface area contributed by atoms with Gasteiger partial charge in [-0.1, -0.05) is 0 Å². The Hall–Kier alpha value is -2.36. The highest BCUT2D eigenvalue weighted by Gasteiger charge is 2.56. The summed E-state index contributed by atoms with van der Waals surface area (Å²) in [5, 5.41) is 2.90. The van der Waals surface area contributed by atoms with Gasteiger partial charge in [0.25, 0.3) is 0 Å². The lowest BCUT2D eigenvalue weighted by Gasteiger charge is -2.61. The lowest BCUT2D eigenvalue weighted by atomic mass is 9.56. The van der Waals surface area contributed by atoms with Crippen LogP contribution < -0.4 is 5.32 Å². The standard InChI is InChI=1S/C21H23F4N3O3/c22-16-3-13(2-15(4-16)21(23,24)25)1-14-5-19(6-14)8-27(9-19)18(30)28-10-20(11-28)12-31-7-17(29)26-20/h2-4,14H,1,5-12H2,(H,26,29). The Morgan fingerprint density at radius 3 is 2.45 bits per heavy atom. The van der Waals surface area contributed by atoms with E-state index in [0.29, 0.717) is 50.8 Å². The number of rotatable bonds is 2. The normalized spacial score (nSPS) is 24.5. The Kier molecular flexibility index (Phi) is 4.52. The zero-order chi connectivity index (χ0) is 22.0. The minimum atomic E-state index is -4.56. The molecule has 0 radical (unpaired) electrons. The first-order valence-electron chi connectivity index (χ1n) is 10.3. The van der Waals surface area contributed by atoms with Crippen LogP contribution in [0.3, 0.4) is 0 Å². The zero-order valence-electron chi connectivity index (χ0n) is 16.8. The Balaban J connectivity index is 1.09. The third-order valence-electron chi connectivity index (χ3n) is 6.85. The maximum absolute atomic E-state index is 13.6. The van der Waals surface area contributed by atoms with Gasteiger partial charge in [0.05, 0.1) is 17.7 Å². The molecule has 1 aliphatic carbocycles. The molecule has 31 heavy (non-hydrogen) atoms. The summed E-state index contributed by atoms with van der Waals surface area (Å²) in [7, 11) is 0. The third kappa shape index (κ3) is 3.75. The van der Waals surface area contributed by atoms with Crippen LogP contribution in [0.1, 0.15) is 24.0 Å². The number of hydrogen-bond donors (Lipinski definition) is 1. The van der Waals surface area contributed by atoms with Crippen LogP contribution in [-0.4, -0.2) is 66.7 Å². The van der Waals surface area contributed by atoms with Gasteiger partial charge in [-0.05, 0) is 48.9 Å². The number of halogens is 4. The Bertz CT molecular complexity index is 915. The molecule has 10 heteroatoms. The van der Waals surface area contributed by atoms with E-state index in [2.05, 4.69) is 5.32 Å². The topological polar surface area (TPSA) is 61.9 Å². The molecule has 5 rings (SSSR count). The number of likely N-dealkylation sites (tertiary alicyclic amines) is 2. The predicted octanol–water partition coefficient (Wildman–Crippen LogP) is 2.42. The average Bonchev–Trinajstić information content (AvgIpc) is 2.58. The Morgan fingerprint density at radius 1 is 1.13 bits per heavy atom. The number of carbonyl (C=O) groups is 2. The van der Waals surface area contributed by atoms with Crippen LogP contribution >= 0.6 is 0 Å². The van der Waals surface area contributed by atoms with Crippen molar-refractivity contribution >= 4 is 11.9 Å². The van der Waals surface area contributed by atoms with Crippen molar-refractivity contribution in [1.29, 1.82) is 0 Å². The van der Waals surface area contributed by atoms with Gasteiger partial charge in [0, 0.05) is 31.6 Å². The quantitative estimate of drug-likeness (QED) is 0.718. The molecule has 0 unspecified atom stereocenters. The highest BCUT2D eigenvalue weighted by molar-refractivity contribution is 5.81. The second kappa shape index (κ2) is 6.82. The van der Waals surface area contributed by atoms with E-state index in [0.717, 1.165) is 18.9 Å². The summed E-state index contributed by atoms with van der Waals surface area (Å²) in [4.78, 5) is 27.6. The number of amides is 3.